The van der Waals surface area contributed by atoms with E-state index in [2.05, 4.69) is 84.7 Å². The number of amides is 1. The zero-order valence-electron chi connectivity index (χ0n) is 15.9. The number of benzene rings is 1. The van der Waals surface area contributed by atoms with Crippen LogP contribution in [0.5, 0.6) is 0 Å². The van der Waals surface area contributed by atoms with E-state index >= 15 is 0 Å². The van der Waals surface area contributed by atoms with E-state index in [1.165, 1.54) is 5.56 Å². The highest BCUT2D eigenvalue weighted by Gasteiger charge is 2.06. The third-order valence-corrected chi connectivity index (χ3v) is 4.25. The minimum absolute atomic E-state index is 0.0673. The van der Waals surface area contributed by atoms with E-state index in [1.807, 2.05) is 6.92 Å². The first-order chi connectivity index (χ1) is 12.1. The van der Waals surface area contributed by atoms with E-state index < -0.39 is 0 Å². The highest BCUT2D eigenvalue weighted by molar-refractivity contribution is 7.80. The van der Waals surface area contributed by atoms with Crippen molar-refractivity contribution in [3.8, 4) is 0 Å². The lowest BCUT2D eigenvalue weighted by molar-refractivity contribution is -0.122. The third-order valence-electron chi connectivity index (χ3n) is 3.83. The Hall–Kier alpha value is -0.690. The topological polar surface area (TPSA) is 35.6 Å². The van der Waals surface area contributed by atoms with Crippen LogP contribution in [0.15, 0.2) is 30.3 Å². The first-order valence-corrected chi connectivity index (χ1v) is 10.3. The third kappa shape index (κ3) is 14.2. The van der Waals surface area contributed by atoms with E-state index in [0.717, 1.165) is 38.4 Å². The Bertz CT molecular complexity index is 432. The summed E-state index contributed by atoms with van der Waals surface area (Å²) in [5.41, 5.74) is 1.43. The van der Waals surface area contributed by atoms with Gasteiger partial charge in [0.25, 0.3) is 0 Å². The molecule has 1 aromatic rings. The van der Waals surface area contributed by atoms with E-state index in [0.29, 0.717) is 18.8 Å². The van der Waals surface area contributed by atoms with Gasteiger partial charge in [0.15, 0.2) is 0 Å². The van der Waals surface area contributed by atoms with Gasteiger partial charge in [0.05, 0.1) is 6.54 Å². The Morgan fingerprint density at radius 2 is 1.72 bits per heavy atom. The first kappa shape index (κ1) is 24.3. The lowest BCUT2D eigenvalue weighted by Gasteiger charge is -2.18. The van der Waals surface area contributed by atoms with E-state index in [9.17, 15) is 4.79 Å². The summed E-state index contributed by atoms with van der Waals surface area (Å²) in [4.78, 5) is 15.6. The zero-order chi connectivity index (χ0) is 18.9. The first-order valence-electron chi connectivity index (χ1n) is 9.00. The number of hydrogen-bond donors (Lipinski definition) is 3. The van der Waals surface area contributed by atoms with Crippen LogP contribution in [0.25, 0.3) is 0 Å². The molecular weight excluding hydrogens is 350 g/mol. The van der Waals surface area contributed by atoms with Gasteiger partial charge in [-0.15, -0.1) is 0 Å². The molecule has 1 rings (SSSR count). The predicted octanol–water partition coefficient (Wildman–Crippen LogP) is 2.46. The van der Waals surface area contributed by atoms with Crippen LogP contribution in [0.2, 0.25) is 0 Å². The summed E-state index contributed by atoms with van der Waals surface area (Å²) in [6.07, 6.45) is 1.16. The van der Waals surface area contributed by atoms with Gasteiger partial charge in [-0.2, -0.15) is 25.3 Å². The summed E-state index contributed by atoms with van der Waals surface area (Å²) in [6.45, 7) is 9.35. The molecule has 0 aliphatic heterocycles. The number of carbonyl (C=O) groups is 1. The Balaban J connectivity index is 0.000000462. The van der Waals surface area contributed by atoms with Gasteiger partial charge in [-0.1, -0.05) is 44.2 Å². The van der Waals surface area contributed by atoms with Gasteiger partial charge in [0.2, 0.25) is 5.91 Å². The molecule has 6 heteroatoms. The number of nitrogens with one attached hydrogen (secondary N) is 1. The fourth-order valence-corrected chi connectivity index (χ4v) is 2.46. The molecule has 0 spiro atoms. The Kier molecular flexibility index (Phi) is 16.3. The van der Waals surface area contributed by atoms with Crippen molar-refractivity contribution in [3.63, 3.8) is 0 Å². The van der Waals surface area contributed by atoms with Gasteiger partial charge < -0.3 is 10.2 Å². The lowest BCUT2D eigenvalue weighted by atomic mass is 10.1. The number of thiol groups is 2. The smallest absolute Gasteiger partial charge is 0.234 e. The van der Waals surface area contributed by atoms with Gasteiger partial charge in [-0.3, -0.25) is 9.69 Å². The van der Waals surface area contributed by atoms with Gasteiger partial charge in [-0.25, -0.2) is 0 Å². The molecule has 0 saturated heterocycles. The summed E-state index contributed by atoms with van der Waals surface area (Å²) in [5, 5.41) is 2.77. The molecule has 144 valence electrons. The van der Waals surface area contributed by atoms with Crippen molar-refractivity contribution in [3.05, 3.63) is 35.9 Å². The van der Waals surface area contributed by atoms with E-state index in [-0.39, 0.29) is 5.91 Å². The average Bonchev–Trinajstić information content (AvgIpc) is 2.65. The molecule has 0 fully saturated rings. The molecule has 0 aliphatic rings. The van der Waals surface area contributed by atoms with Crippen molar-refractivity contribution in [2.75, 3.05) is 57.8 Å². The van der Waals surface area contributed by atoms with Crippen molar-refractivity contribution < 1.29 is 4.79 Å². The second-order valence-corrected chi connectivity index (χ2v) is 6.69. The van der Waals surface area contributed by atoms with Crippen molar-refractivity contribution >= 4 is 31.2 Å². The molecule has 0 unspecified atom stereocenters. The monoisotopic (exact) mass is 385 g/mol. The van der Waals surface area contributed by atoms with Crippen LogP contribution in [0.3, 0.4) is 0 Å². The quantitative estimate of drug-likeness (QED) is 0.512. The number of likely N-dealkylation sites (N-methyl/N-ethyl adjacent to an activating group) is 2. The van der Waals surface area contributed by atoms with Crippen molar-refractivity contribution in [2.45, 2.75) is 20.3 Å². The molecule has 0 bridgehead atoms. The van der Waals surface area contributed by atoms with E-state index in [1.54, 1.807) is 0 Å². The van der Waals surface area contributed by atoms with Crippen molar-refractivity contribution in [1.29, 1.82) is 0 Å². The number of nitrogens with zero attached hydrogens (tertiary/aromatic N) is 2. The van der Waals surface area contributed by atoms with Gasteiger partial charge in [0.1, 0.15) is 0 Å². The molecule has 0 heterocycles. The normalized spacial score (nSPS) is 10.5. The summed E-state index contributed by atoms with van der Waals surface area (Å²) >= 11 is 8.13. The van der Waals surface area contributed by atoms with Gasteiger partial charge in [0, 0.05) is 31.1 Å². The second-order valence-electron chi connectivity index (χ2n) is 5.80. The van der Waals surface area contributed by atoms with Crippen LogP contribution in [0, 0.1) is 0 Å². The highest BCUT2D eigenvalue weighted by Crippen LogP contribution is 1.99. The maximum absolute atomic E-state index is 11.2. The molecular formula is C19H35N3OS2. The lowest BCUT2D eigenvalue weighted by Crippen LogP contribution is -2.38. The van der Waals surface area contributed by atoms with E-state index in [4.69, 9.17) is 0 Å². The summed E-state index contributed by atoms with van der Waals surface area (Å²) < 4.78 is 0. The summed E-state index contributed by atoms with van der Waals surface area (Å²) in [7, 11) is 2.16. The second kappa shape index (κ2) is 16.8. The van der Waals surface area contributed by atoms with Gasteiger partial charge >= 0.3 is 0 Å². The maximum atomic E-state index is 11.2. The Morgan fingerprint density at radius 3 is 2.24 bits per heavy atom. The van der Waals surface area contributed by atoms with Crippen LogP contribution in [0.4, 0.5) is 0 Å². The number of rotatable bonds is 11. The van der Waals surface area contributed by atoms with Crippen molar-refractivity contribution in [1.82, 2.24) is 15.1 Å². The molecule has 4 nitrogen and oxygen atoms in total. The molecule has 1 amide bonds. The van der Waals surface area contributed by atoms with Crippen molar-refractivity contribution in [2.24, 2.45) is 0 Å². The average molecular weight is 386 g/mol. The molecule has 0 saturated carbocycles. The fraction of sp³-hybridized carbons (Fsp3) is 0.632. The number of hydrogen-bond acceptors (Lipinski definition) is 5. The standard InChI is InChI=1S/C11H17N.C8H18N2OS2/c1-3-12(2)10-9-11-7-5-4-6-8-11;1-2-10(4-6-13)7-8(11)9-3-5-12/h4-8H,3,9-10H2,1-2H3;12-13H,2-7H2,1H3,(H,9,11). The van der Waals surface area contributed by atoms with Crippen LogP contribution in [0.1, 0.15) is 19.4 Å². The van der Waals surface area contributed by atoms with Crippen LogP contribution >= 0.6 is 25.3 Å². The molecule has 0 aliphatic carbocycles. The zero-order valence-corrected chi connectivity index (χ0v) is 17.7. The minimum atomic E-state index is 0.0673. The highest BCUT2D eigenvalue weighted by atomic mass is 32.1. The molecule has 0 radical (unpaired) electrons. The Morgan fingerprint density at radius 1 is 1.04 bits per heavy atom. The van der Waals surface area contributed by atoms with Crippen LogP contribution in [-0.4, -0.2) is 73.5 Å². The Labute approximate surface area is 165 Å². The molecule has 0 aromatic heterocycles. The summed E-state index contributed by atoms with van der Waals surface area (Å²) in [6, 6.07) is 10.6. The molecule has 0 atom stereocenters. The predicted molar refractivity (Wildman–Crippen MR) is 116 cm³/mol. The molecule has 25 heavy (non-hydrogen) atoms. The maximum Gasteiger partial charge on any atom is 0.234 e. The molecule has 1 aromatic carbocycles. The number of carbonyl (C=O) groups excluding carboxylic acids is 1. The van der Waals surface area contributed by atoms with Gasteiger partial charge in [-0.05, 0) is 32.1 Å². The van der Waals surface area contributed by atoms with Crippen LogP contribution in [-0.2, 0) is 11.2 Å². The SMILES string of the molecule is CCN(C)CCc1ccccc1.CCN(CCS)CC(=O)NCCS. The molecule has 1 N–H and O–H groups in total. The van der Waals surface area contributed by atoms with Crippen LogP contribution < -0.4 is 5.32 Å². The summed E-state index contributed by atoms with van der Waals surface area (Å²) in [5.74, 6) is 1.54. The largest absolute Gasteiger partial charge is 0.354 e. The minimum Gasteiger partial charge on any atom is -0.354 e. The fourth-order valence-electron chi connectivity index (χ4n) is 2.07.